The highest BCUT2D eigenvalue weighted by molar-refractivity contribution is 6.34. The van der Waals surface area contributed by atoms with Gasteiger partial charge in [-0.15, -0.1) is 0 Å². The van der Waals surface area contributed by atoms with Crippen LogP contribution in [0, 0.1) is 5.92 Å². The van der Waals surface area contributed by atoms with E-state index in [2.05, 4.69) is 5.32 Å². The molecule has 0 spiro atoms. The molecule has 1 aromatic carbocycles. The summed E-state index contributed by atoms with van der Waals surface area (Å²) in [5.74, 6) is -1.05. The lowest BCUT2D eigenvalue weighted by Gasteiger charge is -2.34. The predicted molar refractivity (Wildman–Crippen MR) is 78.8 cm³/mol. The molecule has 1 aliphatic rings. The van der Waals surface area contributed by atoms with E-state index in [0.717, 1.165) is 0 Å². The van der Waals surface area contributed by atoms with Crippen LogP contribution in [0.1, 0.15) is 23.7 Å². The quantitative estimate of drug-likeness (QED) is 0.781. The smallest absolute Gasteiger partial charge is 0.335 e. The van der Waals surface area contributed by atoms with E-state index < -0.39 is 5.97 Å². The zero-order valence-electron chi connectivity index (χ0n) is 11.5. The van der Waals surface area contributed by atoms with Gasteiger partial charge < -0.3 is 20.4 Å². The molecule has 7 heteroatoms. The number of carboxylic acid groups (broad SMARTS) is 1. The summed E-state index contributed by atoms with van der Waals surface area (Å²) in [7, 11) is 0. The normalized spacial score (nSPS) is 22.0. The van der Waals surface area contributed by atoms with Crippen LogP contribution in [0.25, 0.3) is 0 Å². The number of carbonyl (C=O) groups excluding carboxylic acids is 1. The Labute approximate surface area is 127 Å². The van der Waals surface area contributed by atoms with Crippen LogP contribution < -0.4 is 5.32 Å². The zero-order chi connectivity index (χ0) is 15.6. The molecule has 0 aliphatic carbocycles. The van der Waals surface area contributed by atoms with Crippen molar-refractivity contribution in [1.29, 1.82) is 0 Å². The fourth-order valence-corrected chi connectivity index (χ4v) is 2.49. The predicted octanol–water partition coefficient (Wildman–Crippen LogP) is 2.27. The minimum atomic E-state index is -1.08. The summed E-state index contributed by atoms with van der Waals surface area (Å²) < 4.78 is 0. The molecule has 1 saturated heterocycles. The number of nitrogens with one attached hydrogen (secondary N) is 1. The number of likely N-dealkylation sites (tertiary alicyclic amines) is 1. The summed E-state index contributed by atoms with van der Waals surface area (Å²) in [5, 5.41) is 21.4. The number of anilines is 1. The Morgan fingerprint density at radius 2 is 2.14 bits per heavy atom. The first kappa shape index (κ1) is 15.6. The van der Waals surface area contributed by atoms with Crippen LogP contribution in [0.4, 0.5) is 10.5 Å². The van der Waals surface area contributed by atoms with Crippen LogP contribution in [-0.2, 0) is 0 Å². The van der Waals surface area contributed by atoms with Crippen LogP contribution >= 0.6 is 11.6 Å². The number of benzene rings is 1. The van der Waals surface area contributed by atoms with Crippen molar-refractivity contribution >= 4 is 29.3 Å². The molecule has 0 saturated carbocycles. The number of piperidine rings is 1. The number of hydrogen-bond acceptors (Lipinski definition) is 3. The van der Waals surface area contributed by atoms with Crippen molar-refractivity contribution in [2.24, 2.45) is 5.92 Å². The van der Waals surface area contributed by atoms with Gasteiger partial charge in [0.05, 0.1) is 22.4 Å². The van der Waals surface area contributed by atoms with Crippen molar-refractivity contribution in [3.05, 3.63) is 28.8 Å². The summed E-state index contributed by atoms with van der Waals surface area (Å²) in [6.07, 6.45) is 0.160. The number of aliphatic hydroxyl groups is 1. The molecular weight excluding hydrogens is 296 g/mol. The van der Waals surface area contributed by atoms with E-state index in [1.54, 1.807) is 4.90 Å². The van der Waals surface area contributed by atoms with Crippen LogP contribution in [0.3, 0.4) is 0 Å². The van der Waals surface area contributed by atoms with E-state index in [1.807, 2.05) is 6.92 Å². The van der Waals surface area contributed by atoms with Gasteiger partial charge in [-0.05, 0) is 30.5 Å². The highest BCUT2D eigenvalue weighted by atomic mass is 35.5. The second kappa shape index (κ2) is 6.32. The minimum absolute atomic E-state index is 0.0226. The van der Waals surface area contributed by atoms with Crippen molar-refractivity contribution in [2.45, 2.75) is 19.4 Å². The van der Waals surface area contributed by atoms with Gasteiger partial charge in [0.1, 0.15) is 0 Å². The van der Waals surface area contributed by atoms with Gasteiger partial charge in [0, 0.05) is 13.1 Å². The van der Waals surface area contributed by atoms with E-state index in [1.165, 1.54) is 18.2 Å². The van der Waals surface area contributed by atoms with E-state index in [4.69, 9.17) is 16.7 Å². The number of hydrogen-bond donors (Lipinski definition) is 3. The Morgan fingerprint density at radius 1 is 1.43 bits per heavy atom. The van der Waals surface area contributed by atoms with E-state index >= 15 is 0 Å². The third-order valence-electron chi connectivity index (χ3n) is 3.60. The number of amides is 2. The molecule has 0 radical (unpaired) electrons. The summed E-state index contributed by atoms with van der Waals surface area (Å²) >= 11 is 5.97. The lowest BCUT2D eigenvalue weighted by molar-refractivity contribution is 0.0506. The monoisotopic (exact) mass is 312 g/mol. The molecule has 2 atom stereocenters. The Balaban J connectivity index is 2.04. The molecular formula is C14H17ClN2O4. The van der Waals surface area contributed by atoms with Crippen molar-refractivity contribution in [1.82, 2.24) is 4.90 Å². The molecule has 6 nitrogen and oxygen atoms in total. The first-order valence-corrected chi connectivity index (χ1v) is 7.03. The summed E-state index contributed by atoms with van der Waals surface area (Å²) in [6.45, 7) is 2.83. The van der Waals surface area contributed by atoms with Gasteiger partial charge in [-0.25, -0.2) is 9.59 Å². The first-order chi connectivity index (χ1) is 9.88. The minimum Gasteiger partial charge on any atom is -0.478 e. The van der Waals surface area contributed by atoms with E-state index in [0.29, 0.717) is 25.2 Å². The lowest BCUT2D eigenvalue weighted by atomic mass is 9.97. The second-order valence-electron chi connectivity index (χ2n) is 5.21. The largest absolute Gasteiger partial charge is 0.478 e. The van der Waals surface area contributed by atoms with Gasteiger partial charge in [-0.3, -0.25) is 0 Å². The van der Waals surface area contributed by atoms with E-state index in [-0.39, 0.29) is 28.6 Å². The molecule has 1 fully saturated rings. The fourth-order valence-electron chi connectivity index (χ4n) is 2.26. The topological polar surface area (TPSA) is 89.9 Å². The Hall–Kier alpha value is -1.79. The van der Waals surface area contributed by atoms with Crippen molar-refractivity contribution < 1.29 is 19.8 Å². The SMILES string of the molecule is CC1CN(C(=O)Nc2ccc(C(=O)O)cc2Cl)CCC1O. The summed E-state index contributed by atoms with van der Waals surface area (Å²) in [4.78, 5) is 24.6. The molecule has 2 rings (SSSR count). The maximum atomic E-state index is 12.1. The van der Waals surface area contributed by atoms with Gasteiger partial charge >= 0.3 is 12.0 Å². The number of aromatic carboxylic acids is 1. The lowest BCUT2D eigenvalue weighted by Crippen LogP contribution is -2.46. The van der Waals surface area contributed by atoms with Gasteiger partial charge in [0.15, 0.2) is 0 Å². The van der Waals surface area contributed by atoms with Crippen LogP contribution in [0.2, 0.25) is 5.02 Å². The Morgan fingerprint density at radius 3 is 2.71 bits per heavy atom. The van der Waals surface area contributed by atoms with Crippen molar-refractivity contribution in [3.63, 3.8) is 0 Å². The maximum Gasteiger partial charge on any atom is 0.335 e. The van der Waals surface area contributed by atoms with Crippen LogP contribution in [-0.4, -0.2) is 46.3 Å². The summed E-state index contributed by atoms with van der Waals surface area (Å²) in [5.41, 5.74) is 0.429. The third kappa shape index (κ3) is 3.65. The van der Waals surface area contributed by atoms with Gasteiger partial charge in [-0.2, -0.15) is 0 Å². The van der Waals surface area contributed by atoms with Gasteiger partial charge in [0.25, 0.3) is 0 Å². The fraction of sp³-hybridized carbons (Fsp3) is 0.429. The van der Waals surface area contributed by atoms with Gasteiger partial charge in [-0.1, -0.05) is 18.5 Å². The van der Waals surface area contributed by atoms with Crippen molar-refractivity contribution in [2.75, 3.05) is 18.4 Å². The van der Waals surface area contributed by atoms with Crippen LogP contribution in [0.15, 0.2) is 18.2 Å². The van der Waals surface area contributed by atoms with E-state index in [9.17, 15) is 14.7 Å². The molecule has 114 valence electrons. The molecule has 2 amide bonds. The molecule has 21 heavy (non-hydrogen) atoms. The molecule has 0 aromatic heterocycles. The molecule has 1 heterocycles. The molecule has 0 bridgehead atoms. The number of nitrogens with zero attached hydrogens (tertiary/aromatic N) is 1. The summed E-state index contributed by atoms with van der Waals surface area (Å²) in [6, 6.07) is 3.83. The highest BCUT2D eigenvalue weighted by Gasteiger charge is 2.27. The van der Waals surface area contributed by atoms with Crippen LogP contribution in [0.5, 0.6) is 0 Å². The third-order valence-corrected chi connectivity index (χ3v) is 3.92. The molecule has 3 N–H and O–H groups in total. The van der Waals surface area contributed by atoms with Crippen molar-refractivity contribution in [3.8, 4) is 0 Å². The maximum absolute atomic E-state index is 12.1. The molecule has 2 unspecified atom stereocenters. The highest BCUT2D eigenvalue weighted by Crippen LogP contribution is 2.24. The van der Waals surface area contributed by atoms with Gasteiger partial charge in [0.2, 0.25) is 0 Å². The number of rotatable bonds is 2. The second-order valence-corrected chi connectivity index (χ2v) is 5.62. The standard InChI is InChI=1S/C14H17ClN2O4/c1-8-7-17(5-4-12(8)18)14(21)16-11-3-2-9(13(19)20)6-10(11)15/h2-3,6,8,12,18H,4-5,7H2,1H3,(H,16,21)(H,19,20). The zero-order valence-corrected chi connectivity index (χ0v) is 12.3. The number of carbonyl (C=O) groups is 2. The number of urea groups is 1. The number of halogens is 1. The molecule has 1 aliphatic heterocycles. The molecule has 1 aromatic rings. The average molecular weight is 313 g/mol. The number of aliphatic hydroxyl groups excluding tert-OH is 1. The number of carboxylic acids is 1. The Bertz CT molecular complexity index is 564. The Kier molecular flexibility index (Phi) is 4.69. The first-order valence-electron chi connectivity index (χ1n) is 6.65. The average Bonchev–Trinajstić information content (AvgIpc) is 2.43.